The van der Waals surface area contributed by atoms with E-state index in [1.54, 1.807) is 18.2 Å². The Morgan fingerprint density at radius 3 is 2.44 bits per heavy atom. The number of piperidine rings is 1. The maximum absolute atomic E-state index is 12.6. The highest BCUT2D eigenvalue weighted by Gasteiger charge is 2.28. The Hall–Kier alpha value is -4.50. The summed E-state index contributed by atoms with van der Waals surface area (Å²) in [7, 11) is 0. The molecule has 1 saturated carbocycles. The van der Waals surface area contributed by atoms with Crippen LogP contribution in [0.15, 0.2) is 90.6 Å². The van der Waals surface area contributed by atoms with Crippen molar-refractivity contribution in [2.75, 3.05) is 18.4 Å². The van der Waals surface area contributed by atoms with Crippen LogP contribution in [-0.2, 0) is 6.54 Å². The van der Waals surface area contributed by atoms with Gasteiger partial charge in [-0.2, -0.15) is 0 Å². The second-order valence-corrected chi connectivity index (χ2v) is 14.8. The van der Waals surface area contributed by atoms with Crippen LogP contribution in [0.5, 0.6) is 11.5 Å². The number of carbonyl (C=O) groups excluding carboxylic acids is 1. The van der Waals surface area contributed by atoms with Crippen LogP contribution in [0.25, 0.3) is 22.6 Å². The molecule has 52 heavy (non-hydrogen) atoms. The predicted molar refractivity (Wildman–Crippen MR) is 210 cm³/mol. The fourth-order valence-electron chi connectivity index (χ4n) is 7.16. The summed E-state index contributed by atoms with van der Waals surface area (Å²) in [6.07, 6.45) is 11.4. The number of rotatable bonds is 11. The number of hydrogen-bond acceptors (Lipinski definition) is 7. The Kier molecular flexibility index (Phi) is 11.4. The van der Waals surface area contributed by atoms with E-state index in [1.807, 2.05) is 68.6 Å². The van der Waals surface area contributed by atoms with E-state index >= 15 is 0 Å². The third-order valence-corrected chi connectivity index (χ3v) is 10.5. The first-order valence-corrected chi connectivity index (χ1v) is 19.0. The summed E-state index contributed by atoms with van der Waals surface area (Å²) in [4.78, 5) is 27.8. The minimum absolute atomic E-state index is 0.0395. The Morgan fingerprint density at radius 1 is 0.904 bits per heavy atom. The van der Waals surface area contributed by atoms with E-state index in [0.29, 0.717) is 45.6 Å². The normalized spacial score (nSPS) is 15.3. The number of ether oxygens (including phenoxy) is 1. The molecule has 7 rings (SSSR count). The van der Waals surface area contributed by atoms with Gasteiger partial charge in [0.05, 0.1) is 27.1 Å². The second kappa shape index (κ2) is 16.4. The molecule has 10 heteroatoms. The summed E-state index contributed by atoms with van der Waals surface area (Å²) in [5, 5.41) is 8.10. The van der Waals surface area contributed by atoms with Crippen molar-refractivity contribution in [3.63, 3.8) is 0 Å². The van der Waals surface area contributed by atoms with E-state index in [-0.39, 0.29) is 11.7 Å². The molecule has 1 saturated heterocycles. The quantitative estimate of drug-likeness (QED) is 0.103. The van der Waals surface area contributed by atoms with Gasteiger partial charge in [0.15, 0.2) is 5.78 Å². The van der Waals surface area contributed by atoms with E-state index in [0.717, 1.165) is 78.4 Å². The average molecular weight is 736 g/mol. The van der Waals surface area contributed by atoms with Crippen LogP contribution in [0.3, 0.4) is 0 Å². The second-order valence-electron chi connectivity index (χ2n) is 14.0. The zero-order chi connectivity index (χ0) is 36.0. The number of anilines is 1. The molecule has 2 aliphatic rings. The molecule has 0 unspecified atom stereocenters. The average Bonchev–Trinajstić information content (AvgIpc) is 3.53. The van der Waals surface area contributed by atoms with Crippen molar-refractivity contribution in [2.45, 2.75) is 77.3 Å². The third kappa shape index (κ3) is 8.58. The Labute approximate surface area is 315 Å². The van der Waals surface area contributed by atoms with Crippen LogP contribution in [0.4, 0.5) is 5.95 Å². The predicted octanol–water partition coefficient (Wildman–Crippen LogP) is 10.5. The van der Waals surface area contributed by atoms with E-state index < -0.39 is 0 Å². The molecule has 0 bridgehead atoms. The lowest BCUT2D eigenvalue weighted by Gasteiger charge is -2.24. The van der Waals surface area contributed by atoms with Gasteiger partial charge in [-0.3, -0.25) is 4.79 Å². The third-order valence-electron chi connectivity index (χ3n) is 9.77. The first-order valence-electron chi connectivity index (χ1n) is 18.2. The number of hydrogen-bond donors (Lipinski definition) is 2. The summed E-state index contributed by atoms with van der Waals surface area (Å²) in [6.45, 7) is 6.27. The first kappa shape index (κ1) is 35.9. The molecule has 2 N–H and O–H groups in total. The molecule has 5 aromatic rings. The summed E-state index contributed by atoms with van der Waals surface area (Å²) in [5.74, 6) is 3.18. The lowest BCUT2D eigenvalue weighted by molar-refractivity contribution is 0.104. The number of nitrogens with one attached hydrogen (secondary N) is 2. The van der Waals surface area contributed by atoms with Crippen LogP contribution < -0.4 is 15.4 Å². The first-order chi connectivity index (χ1) is 25.3. The van der Waals surface area contributed by atoms with Gasteiger partial charge in [0.25, 0.3) is 0 Å². The van der Waals surface area contributed by atoms with Gasteiger partial charge in [0.1, 0.15) is 17.3 Å². The van der Waals surface area contributed by atoms with Crippen molar-refractivity contribution in [2.24, 2.45) is 0 Å². The number of nitrogens with zero attached hydrogens (tertiary/aromatic N) is 4. The fraction of sp³-hybridized carbons (Fsp3) is 0.333. The molecule has 8 nitrogen and oxygen atoms in total. The van der Waals surface area contributed by atoms with E-state index in [9.17, 15) is 4.79 Å². The van der Waals surface area contributed by atoms with Gasteiger partial charge in [0, 0.05) is 35.8 Å². The Balaban J connectivity index is 1.26. The van der Waals surface area contributed by atoms with Gasteiger partial charge in [-0.25, -0.2) is 15.0 Å². The van der Waals surface area contributed by atoms with Crippen LogP contribution >= 0.6 is 23.2 Å². The number of allylic oxidation sites excluding steroid dienone is 2. The van der Waals surface area contributed by atoms with Crippen molar-refractivity contribution in [1.82, 2.24) is 24.8 Å². The maximum Gasteiger partial charge on any atom is 0.223 e. The van der Waals surface area contributed by atoms with Gasteiger partial charge in [-0.15, -0.1) is 0 Å². The molecule has 2 fully saturated rings. The Morgan fingerprint density at radius 2 is 1.69 bits per heavy atom. The number of aromatic nitrogens is 4. The Bertz CT molecular complexity index is 2060. The van der Waals surface area contributed by atoms with E-state index in [4.69, 9.17) is 37.9 Å². The summed E-state index contributed by atoms with van der Waals surface area (Å²) in [5.41, 5.74) is 6.04. The monoisotopic (exact) mass is 734 g/mol. The highest BCUT2D eigenvalue weighted by Crippen LogP contribution is 2.39. The zero-order valence-corrected chi connectivity index (χ0v) is 31.2. The molecule has 3 heterocycles. The minimum atomic E-state index is -0.0395. The smallest absolute Gasteiger partial charge is 0.223 e. The van der Waals surface area contributed by atoms with Crippen LogP contribution in [0.2, 0.25) is 10.0 Å². The van der Waals surface area contributed by atoms with Gasteiger partial charge in [-0.05, 0) is 107 Å². The highest BCUT2D eigenvalue weighted by atomic mass is 35.5. The van der Waals surface area contributed by atoms with E-state index in [2.05, 4.69) is 32.3 Å². The zero-order valence-electron chi connectivity index (χ0n) is 29.7. The molecule has 2 aromatic heterocycles. The van der Waals surface area contributed by atoms with Crippen LogP contribution in [0.1, 0.15) is 86.5 Å². The number of ketones is 1. The molecule has 0 amide bonds. The molecule has 0 atom stereocenters. The topological polar surface area (TPSA) is 94.0 Å². The van der Waals surface area contributed by atoms with Gasteiger partial charge in [0.2, 0.25) is 5.95 Å². The molecule has 0 radical (unpaired) electrons. The summed E-state index contributed by atoms with van der Waals surface area (Å²) in [6, 6.07) is 23.4. The van der Waals surface area contributed by atoms with E-state index in [1.165, 1.54) is 19.3 Å². The summed E-state index contributed by atoms with van der Waals surface area (Å²) < 4.78 is 8.53. The highest BCUT2D eigenvalue weighted by molar-refractivity contribution is 6.42. The van der Waals surface area contributed by atoms with Crippen molar-refractivity contribution in [3.05, 3.63) is 118 Å². The number of halogens is 2. The summed E-state index contributed by atoms with van der Waals surface area (Å²) >= 11 is 13.0. The van der Waals surface area contributed by atoms with Crippen molar-refractivity contribution in [1.29, 1.82) is 0 Å². The molecular weight excluding hydrogens is 691 g/mol. The maximum atomic E-state index is 12.6. The van der Waals surface area contributed by atoms with Gasteiger partial charge in [-0.1, -0.05) is 78.4 Å². The van der Waals surface area contributed by atoms with Gasteiger partial charge < -0.3 is 19.9 Å². The van der Waals surface area contributed by atoms with Crippen molar-refractivity contribution in [3.8, 4) is 34.1 Å². The largest absolute Gasteiger partial charge is 0.457 e. The lowest BCUT2D eigenvalue weighted by atomic mass is 9.96. The number of imidazole rings is 1. The fourth-order valence-corrected chi connectivity index (χ4v) is 7.45. The SMILES string of the molecule is CC(C)=CC(=O)c1cccc(Oc2ccc(Cn3c(C4CCNCC4)nc(-c4ccc(Cl)c(Cl)c4)c3-c3ccnc(NC4CCCCC4)n3)cc2)c1. The minimum Gasteiger partial charge on any atom is -0.457 e. The molecule has 1 aliphatic carbocycles. The molecule has 3 aromatic carbocycles. The van der Waals surface area contributed by atoms with Gasteiger partial charge >= 0.3 is 0 Å². The number of benzene rings is 3. The van der Waals surface area contributed by atoms with Crippen molar-refractivity contribution < 1.29 is 9.53 Å². The van der Waals surface area contributed by atoms with Crippen LogP contribution in [0, 0.1) is 0 Å². The van der Waals surface area contributed by atoms with Crippen molar-refractivity contribution >= 4 is 34.9 Å². The molecule has 1 aliphatic heterocycles. The lowest BCUT2D eigenvalue weighted by Crippen LogP contribution is -2.28. The van der Waals surface area contributed by atoms with Crippen LogP contribution in [-0.4, -0.2) is 44.4 Å². The molecular formula is C42H44Cl2N6O2. The molecule has 0 spiro atoms. The standard InChI is InChI=1S/C42H44Cl2N6O2/c1-27(2)23-38(51)30-7-6-10-34(24-30)52-33-14-11-28(12-15-33)26-50-40(37-19-22-46-42(48-37)47-32-8-4-3-5-9-32)39(31-13-16-35(43)36(44)25-31)49-41(50)29-17-20-45-21-18-29/h6-7,10-16,19,22-25,29,32,45H,3-5,8-9,17-18,20-21,26H2,1-2H3,(H,46,47,48). The molecule has 268 valence electrons. The number of carbonyl (C=O) groups is 1.